The second-order valence-electron chi connectivity index (χ2n) is 5.91. The molecule has 0 bridgehead atoms. The molecule has 128 valence electrons. The molecule has 2 rings (SSSR count). The van der Waals surface area contributed by atoms with E-state index in [4.69, 9.17) is 0 Å². The van der Waals surface area contributed by atoms with Gasteiger partial charge in [-0.3, -0.25) is 4.79 Å². The zero-order chi connectivity index (χ0) is 17.4. The van der Waals surface area contributed by atoms with Crippen molar-refractivity contribution in [3.8, 4) is 0 Å². The zero-order valence-electron chi connectivity index (χ0n) is 14.5. The van der Waals surface area contributed by atoms with Gasteiger partial charge in [-0.25, -0.2) is 0 Å². The lowest BCUT2D eigenvalue weighted by atomic mass is 9.85. The van der Waals surface area contributed by atoms with E-state index in [-0.39, 0.29) is 5.91 Å². The highest BCUT2D eigenvalue weighted by atomic mass is 16.3. The van der Waals surface area contributed by atoms with Gasteiger partial charge in [0.05, 0.1) is 26.2 Å². The van der Waals surface area contributed by atoms with Crippen molar-refractivity contribution in [1.82, 2.24) is 5.32 Å². The van der Waals surface area contributed by atoms with Crippen LogP contribution in [0.4, 0.5) is 0 Å². The van der Waals surface area contributed by atoms with Gasteiger partial charge < -0.3 is 15.3 Å². The molecular weight excluding hydrogens is 300 g/mol. The Hall–Kier alpha value is -2.17. The molecule has 0 saturated heterocycles. The number of carbonyl (C=O) groups is 1. The standard InChI is InChI=1S/C20H26N2O2/c1-3-22(4-2)16-15-21-19(23)20(24,17-11-7-5-8-12-17)18-13-9-6-10-14-18/h5-14,24H,3-4,15-16H2,1-2H3,(H,21,23)/p+1. The van der Waals surface area contributed by atoms with Gasteiger partial charge in [-0.1, -0.05) is 60.7 Å². The molecule has 4 nitrogen and oxygen atoms in total. The molecular formula is C20H27N2O2+. The molecule has 0 radical (unpaired) electrons. The lowest BCUT2D eigenvalue weighted by Crippen LogP contribution is -3.12. The Bertz CT molecular complexity index is 585. The quantitative estimate of drug-likeness (QED) is 0.677. The van der Waals surface area contributed by atoms with Crippen LogP contribution in [-0.2, 0) is 10.4 Å². The minimum absolute atomic E-state index is 0.383. The molecule has 1 amide bonds. The number of rotatable bonds is 8. The first-order chi connectivity index (χ1) is 11.6. The molecule has 0 aliphatic carbocycles. The number of likely N-dealkylation sites (N-methyl/N-ethyl adjacent to an activating group) is 1. The van der Waals surface area contributed by atoms with E-state index < -0.39 is 5.60 Å². The largest absolute Gasteiger partial charge is 0.372 e. The van der Waals surface area contributed by atoms with Crippen LogP contribution in [0.2, 0.25) is 0 Å². The van der Waals surface area contributed by atoms with Gasteiger partial charge in [-0.15, -0.1) is 0 Å². The Kier molecular flexibility index (Phi) is 6.53. The lowest BCUT2D eigenvalue weighted by molar-refractivity contribution is -0.895. The maximum atomic E-state index is 12.9. The molecule has 0 heterocycles. The topological polar surface area (TPSA) is 53.8 Å². The Morgan fingerprint density at radius 1 is 0.958 bits per heavy atom. The SMILES string of the molecule is CC[NH+](CC)CCNC(=O)C(O)(c1ccccc1)c1ccccc1. The normalized spacial score (nSPS) is 11.5. The van der Waals surface area contributed by atoms with Crippen LogP contribution < -0.4 is 10.2 Å². The molecule has 0 saturated carbocycles. The van der Waals surface area contributed by atoms with Crippen LogP contribution in [0.1, 0.15) is 25.0 Å². The summed E-state index contributed by atoms with van der Waals surface area (Å²) in [6.45, 7) is 7.69. The summed E-state index contributed by atoms with van der Waals surface area (Å²) in [5.41, 5.74) is -0.533. The molecule has 2 aromatic rings. The second-order valence-corrected chi connectivity index (χ2v) is 5.91. The average Bonchev–Trinajstić information content (AvgIpc) is 2.65. The number of hydrogen-bond acceptors (Lipinski definition) is 2. The van der Waals surface area contributed by atoms with E-state index in [1.165, 1.54) is 4.90 Å². The van der Waals surface area contributed by atoms with Crippen molar-refractivity contribution < 1.29 is 14.8 Å². The summed E-state index contributed by atoms with van der Waals surface area (Å²) in [5.74, 6) is -0.383. The van der Waals surface area contributed by atoms with Crippen LogP contribution in [0, 0.1) is 0 Å². The molecule has 0 unspecified atom stereocenters. The van der Waals surface area contributed by atoms with E-state index in [2.05, 4.69) is 19.2 Å². The van der Waals surface area contributed by atoms with Crippen LogP contribution in [0.25, 0.3) is 0 Å². The van der Waals surface area contributed by atoms with Crippen LogP contribution in [0.5, 0.6) is 0 Å². The Labute approximate surface area is 144 Å². The predicted molar refractivity (Wildman–Crippen MR) is 95.8 cm³/mol. The van der Waals surface area contributed by atoms with Crippen LogP contribution in [0.15, 0.2) is 60.7 Å². The first-order valence-electron chi connectivity index (χ1n) is 8.58. The number of amides is 1. The highest BCUT2D eigenvalue weighted by Crippen LogP contribution is 2.29. The fourth-order valence-electron chi connectivity index (χ4n) is 2.87. The zero-order valence-corrected chi connectivity index (χ0v) is 14.5. The van der Waals surface area contributed by atoms with Crippen molar-refractivity contribution >= 4 is 5.91 Å². The molecule has 3 N–H and O–H groups in total. The van der Waals surface area contributed by atoms with E-state index in [0.29, 0.717) is 17.7 Å². The number of hydrogen-bond donors (Lipinski definition) is 3. The van der Waals surface area contributed by atoms with Crippen molar-refractivity contribution in [2.24, 2.45) is 0 Å². The minimum Gasteiger partial charge on any atom is -0.372 e. The molecule has 0 aromatic heterocycles. The molecule has 0 aliphatic heterocycles. The third-order valence-corrected chi connectivity index (χ3v) is 4.48. The van der Waals surface area contributed by atoms with E-state index in [0.717, 1.165) is 19.6 Å². The second kappa shape index (κ2) is 8.62. The summed E-state index contributed by atoms with van der Waals surface area (Å²) >= 11 is 0. The van der Waals surface area contributed by atoms with Gasteiger partial charge >= 0.3 is 0 Å². The van der Waals surface area contributed by atoms with Crippen molar-refractivity contribution in [2.75, 3.05) is 26.2 Å². The van der Waals surface area contributed by atoms with E-state index in [1.54, 1.807) is 24.3 Å². The Morgan fingerprint density at radius 3 is 1.83 bits per heavy atom. The van der Waals surface area contributed by atoms with Gasteiger partial charge in [0.2, 0.25) is 0 Å². The highest BCUT2D eigenvalue weighted by molar-refractivity contribution is 5.90. The van der Waals surface area contributed by atoms with Gasteiger partial charge in [0.1, 0.15) is 0 Å². The number of benzene rings is 2. The van der Waals surface area contributed by atoms with Crippen molar-refractivity contribution in [2.45, 2.75) is 19.4 Å². The van der Waals surface area contributed by atoms with Crippen LogP contribution in [0.3, 0.4) is 0 Å². The molecule has 24 heavy (non-hydrogen) atoms. The summed E-state index contributed by atoms with van der Waals surface area (Å²) in [5, 5.41) is 14.2. The van der Waals surface area contributed by atoms with Crippen molar-refractivity contribution in [1.29, 1.82) is 0 Å². The third-order valence-electron chi connectivity index (χ3n) is 4.48. The predicted octanol–water partition coefficient (Wildman–Crippen LogP) is 0.963. The van der Waals surface area contributed by atoms with E-state index in [1.807, 2.05) is 36.4 Å². The van der Waals surface area contributed by atoms with E-state index in [9.17, 15) is 9.90 Å². The van der Waals surface area contributed by atoms with Gasteiger partial charge in [0.25, 0.3) is 5.91 Å². The Balaban J connectivity index is 2.22. The third kappa shape index (κ3) is 4.02. The monoisotopic (exact) mass is 327 g/mol. The van der Waals surface area contributed by atoms with Crippen molar-refractivity contribution in [3.63, 3.8) is 0 Å². The van der Waals surface area contributed by atoms with Gasteiger partial charge in [-0.2, -0.15) is 0 Å². The molecule has 2 aromatic carbocycles. The van der Waals surface area contributed by atoms with Crippen LogP contribution >= 0.6 is 0 Å². The highest BCUT2D eigenvalue weighted by Gasteiger charge is 2.39. The summed E-state index contributed by atoms with van der Waals surface area (Å²) in [6.07, 6.45) is 0. The smallest absolute Gasteiger partial charge is 0.261 e. The lowest BCUT2D eigenvalue weighted by Gasteiger charge is -2.28. The van der Waals surface area contributed by atoms with Gasteiger partial charge in [-0.05, 0) is 25.0 Å². The number of quaternary nitrogens is 1. The number of aliphatic hydroxyl groups is 1. The van der Waals surface area contributed by atoms with E-state index >= 15 is 0 Å². The molecule has 0 fully saturated rings. The molecule has 4 heteroatoms. The number of nitrogens with one attached hydrogen (secondary N) is 2. The summed E-state index contributed by atoms with van der Waals surface area (Å²) in [6, 6.07) is 18.2. The number of carbonyl (C=O) groups excluding carboxylic acids is 1. The first kappa shape index (κ1) is 18.2. The Morgan fingerprint density at radius 2 is 1.42 bits per heavy atom. The summed E-state index contributed by atoms with van der Waals surface area (Å²) < 4.78 is 0. The molecule has 0 spiro atoms. The summed E-state index contributed by atoms with van der Waals surface area (Å²) in [7, 11) is 0. The average molecular weight is 327 g/mol. The molecule has 0 atom stereocenters. The van der Waals surface area contributed by atoms with Crippen molar-refractivity contribution in [3.05, 3.63) is 71.8 Å². The summed E-state index contributed by atoms with van der Waals surface area (Å²) in [4.78, 5) is 14.3. The van der Waals surface area contributed by atoms with Gasteiger partial charge in [0, 0.05) is 0 Å². The fraction of sp³-hybridized carbons (Fsp3) is 0.350. The maximum absolute atomic E-state index is 12.9. The van der Waals surface area contributed by atoms with Gasteiger partial charge in [0.15, 0.2) is 5.60 Å². The van der Waals surface area contributed by atoms with Crippen LogP contribution in [-0.4, -0.2) is 37.2 Å². The first-order valence-corrected chi connectivity index (χ1v) is 8.58. The fourth-order valence-corrected chi connectivity index (χ4v) is 2.87. The maximum Gasteiger partial charge on any atom is 0.261 e. The molecule has 0 aliphatic rings. The minimum atomic E-state index is -1.68.